The number of nitrogens with zero attached hydrogens (tertiary/aromatic N) is 3. The first-order valence-corrected chi connectivity index (χ1v) is 8.81. The van der Waals surface area contributed by atoms with Gasteiger partial charge in [0.1, 0.15) is 17.1 Å². The second-order valence-electron chi connectivity index (χ2n) is 5.98. The summed E-state index contributed by atoms with van der Waals surface area (Å²) in [4.78, 5) is 8.87. The van der Waals surface area contributed by atoms with E-state index in [1.807, 2.05) is 47.0 Å². The third-order valence-electron chi connectivity index (χ3n) is 4.25. The van der Waals surface area contributed by atoms with Crippen LogP contribution in [-0.2, 0) is 13.0 Å². The quantitative estimate of drug-likeness (QED) is 0.495. The molecular weight excluding hydrogens is 342 g/mol. The van der Waals surface area contributed by atoms with Gasteiger partial charge in [0.05, 0.1) is 19.9 Å². The molecule has 0 saturated heterocycles. The van der Waals surface area contributed by atoms with Crippen LogP contribution in [0.3, 0.4) is 0 Å². The number of ether oxygens (including phenoxy) is 2. The second kappa shape index (κ2) is 8.93. The van der Waals surface area contributed by atoms with Gasteiger partial charge in [-0.25, -0.2) is 4.98 Å². The van der Waals surface area contributed by atoms with Crippen molar-refractivity contribution in [3.05, 3.63) is 60.0 Å². The number of fused-ring (bicyclic) bond motifs is 1. The van der Waals surface area contributed by atoms with Gasteiger partial charge in [0.25, 0.3) is 0 Å². The zero-order valence-corrected chi connectivity index (χ0v) is 15.9. The van der Waals surface area contributed by atoms with Crippen LogP contribution in [0.25, 0.3) is 5.65 Å². The van der Waals surface area contributed by atoms with Crippen molar-refractivity contribution in [3.8, 4) is 11.5 Å². The van der Waals surface area contributed by atoms with Crippen molar-refractivity contribution in [3.63, 3.8) is 0 Å². The minimum Gasteiger partial charge on any atom is -0.497 e. The number of guanidine groups is 1. The number of benzene rings is 1. The molecule has 2 aromatic heterocycles. The first-order chi connectivity index (χ1) is 13.2. The van der Waals surface area contributed by atoms with Gasteiger partial charge in [0.15, 0.2) is 5.96 Å². The van der Waals surface area contributed by atoms with E-state index in [9.17, 15) is 0 Å². The third-order valence-corrected chi connectivity index (χ3v) is 4.25. The van der Waals surface area contributed by atoms with Gasteiger partial charge in [-0.3, -0.25) is 4.99 Å². The fourth-order valence-electron chi connectivity index (χ4n) is 2.81. The molecule has 0 radical (unpaired) electrons. The van der Waals surface area contributed by atoms with Gasteiger partial charge >= 0.3 is 0 Å². The standard InChI is InChI=1S/C20H25N5O2/c1-21-20(23-13-15-7-8-17(26-2)12-18(15)27-3)22-10-9-16-14-25-11-5-4-6-19(25)24-16/h4-8,11-12,14H,9-10,13H2,1-3H3,(H2,21,22,23). The molecule has 142 valence electrons. The van der Waals surface area contributed by atoms with Crippen molar-refractivity contribution in [2.45, 2.75) is 13.0 Å². The van der Waals surface area contributed by atoms with E-state index in [4.69, 9.17) is 9.47 Å². The average Bonchev–Trinajstić information content (AvgIpc) is 3.13. The lowest BCUT2D eigenvalue weighted by Crippen LogP contribution is -2.37. The van der Waals surface area contributed by atoms with Crippen molar-refractivity contribution in [1.29, 1.82) is 0 Å². The summed E-state index contributed by atoms with van der Waals surface area (Å²) in [5, 5.41) is 6.62. The minimum absolute atomic E-state index is 0.598. The molecule has 0 atom stereocenters. The van der Waals surface area contributed by atoms with Crippen LogP contribution in [0.4, 0.5) is 0 Å². The summed E-state index contributed by atoms with van der Waals surface area (Å²) in [6.07, 6.45) is 4.87. The molecule has 3 rings (SSSR count). The Morgan fingerprint density at radius 3 is 2.78 bits per heavy atom. The molecule has 3 aromatic rings. The van der Waals surface area contributed by atoms with E-state index in [2.05, 4.69) is 26.8 Å². The van der Waals surface area contributed by atoms with E-state index < -0.39 is 0 Å². The molecule has 7 heteroatoms. The van der Waals surface area contributed by atoms with E-state index in [1.54, 1.807) is 21.3 Å². The molecule has 0 unspecified atom stereocenters. The molecule has 0 bridgehead atoms. The van der Waals surface area contributed by atoms with Gasteiger partial charge in [-0.2, -0.15) is 0 Å². The Morgan fingerprint density at radius 1 is 1.15 bits per heavy atom. The predicted molar refractivity (Wildman–Crippen MR) is 107 cm³/mol. The Bertz CT molecular complexity index is 887. The van der Waals surface area contributed by atoms with Crippen molar-refractivity contribution in [2.24, 2.45) is 4.99 Å². The van der Waals surface area contributed by atoms with Gasteiger partial charge in [0.2, 0.25) is 0 Å². The number of aliphatic imine (C=N–C) groups is 1. The van der Waals surface area contributed by atoms with Gasteiger partial charge in [-0.15, -0.1) is 0 Å². The Labute approximate surface area is 159 Å². The Balaban J connectivity index is 1.52. The summed E-state index contributed by atoms with van der Waals surface area (Å²) in [7, 11) is 5.05. The Kier molecular flexibility index (Phi) is 6.14. The fraction of sp³-hybridized carbons (Fsp3) is 0.300. The number of rotatable bonds is 7. The molecule has 0 spiro atoms. The summed E-state index contributed by atoms with van der Waals surface area (Å²) >= 11 is 0. The zero-order valence-electron chi connectivity index (χ0n) is 15.9. The van der Waals surface area contributed by atoms with Gasteiger partial charge in [-0.1, -0.05) is 6.07 Å². The molecule has 0 fully saturated rings. The summed E-state index contributed by atoms with van der Waals surface area (Å²) in [5.41, 5.74) is 3.03. The van der Waals surface area contributed by atoms with E-state index >= 15 is 0 Å². The van der Waals surface area contributed by atoms with Gasteiger partial charge < -0.3 is 24.5 Å². The average molecular weight is 367 g/mol. The highest BCUT2D eigenvalue weighted by Gasteiger charge is 2.07. The third kappa shape index (κ3) is 4.69. The smallest absolute Gasteiger partial charge is 0.191 e. The highest BCUT2D eigenvalue weighted by molar-refractivity contribution is 5.79. The van der Waals surface area contributed by atoms with E-state index in [0.717, 1.165) is 47.3 Å². The molecule has 2 heterocycles. The molecule has 0 amide bonds. The molecule has 0 aliphatic carbocycles. The van der Waals surface area contributed by atoms with E-state index in [-0.39, 0.29) is 0 Å². The van der Waals surface area contributed by atoms with Crippen molar-refractivity contribution in [1.82, 2.24) is 20.0 Å². The van der Waals surface area contributed by atoms with Crippen LogP contribution < -0.4 is 20.1 Å². The molecule has 2 N–H and O–H groups in total. The van der Waals surface area contributed by atoms with Crippen molar-refractivity contribution in [2.75, 3.05) is 27.8 Å². The Hall–Kier alpha value is -3.22. The summed E-state index contributed by atoms with van der Waals surface area (Å²) in [6, 6.07) is 11.8. The summed E-state index contributed by atoms with van der Waals surface area (Å²) in [6.45, 7) is 1.34. The number of imidazole rings is 1. The number of nitrogens with one attached hydrogen (secondary N) is 2. The fourth-order valence-corrected chi connectivity index (χ4v) is 2.81. The van der Waals surface area contributed by atoms with Crippen LogP contribution in [0.2, 0.25) is 0 Å². The van der Waals surface area contributed by atoms with Crippen LogP contribution in [0, 0.1) is 0 Å². The first kappa shape index (κ1) is 18.6. The highest BCUT2D eigenvalue weighted by Crippen LogP contribution is 2.24. The predicted octanol–water partition coefficient (Wildman–Crippen LogP) is 2.26. The topological polar surface area (TPSA) is 72.2 Å². The number of aromatic nitrogens is 2. The number of hydrogen-bond acceptors (Lipinski definition) is 4. The lowest BCUT2D eigenvalue weighted by Gasteiger charge is -2.14. The lowest BCUT2D eigenvalue weighted by atomic mass is 10.2. The van der Waals surface area contributed by atoms with Gasteiger partial charge in [0, 0.05) is 50.6 Å². The molecule has 0 saturated carbocycles. The monoisotopic (exact) mass is 367 g/mol. The normalized spacial score (nSPS) is 11.4. The van der Waals surface area contributed by atoms with Crippen molar-refractivity contribution < 1.29 is 9.47 Å². The Morgan fingerprint density at radius 2 is 2.04 bits per heavy atom. The number of methoxy groups -OCH3 is 2. The molecule has 0 aliphatic heterocycles. The van der Waals surface area contributed by atoms with Crippen LogP contribution >= 0.6 is 0 Å². The number of pyridine rings is 1. The molecule has 27 heavy (non-hydrogen) atoms. The van der Waals surface area contributed by atoms with Crippen LogP contribution in [0.5, 0.6) is 11.5 Å². The molecule has 7 nitrogen and oxygen atoms in total. The second-order valence-corrected chi connectivity index (χ2v) is 5.98. The molecule has 1 aromatic carbocycles. The van der Waals surface area contributed by atoms with Crippen molar-refractivity contribution >= 4 is 11.6 Å². The van der Waals surface area contributed by atoms with Crippen LogP contribution in [0.1, 0.15) is 11.3 Å². The van der Waals surface area contributed by atoms with Gasteiger partial charge in [-0.05, 0) is 24.3 Å². The minimum atomic E-state index is 0.598. The largest absolute Gasteiger partial charge is 0.497 e. The zero-order chi connectivity index (χ0) is 19.1. The first-order valence-electron chi connectivity index (χ1n) is 8.81. The van der Waals surface area contributed by atoms with E-state index in [1.165, 1.54) is 0 Å². The maximum Gasteiger partial charge on any atom is 0.191 e. The summed E-state index contributed by atoms with van der Waals surface area (Å²) in [5.74, 6) is 2.28. The van der Waals surface area contributed by atoms with Crippen LogP contribution in [-0.4, -0.2) is 43.2 Å². The lowest BCUT2D eigenvalue weighted by molar-refractivity contribution is 0.390. The summed E-state index contributed by atoms with van der Waals surface area (Å²) < 4.78 is 12.7. The maximum atomic E-state index is 5.43. The van der Waals surface area contributed by atoms with E-state index in [0.29, 0.717) is 6.54 Å². The SMILES string of the molecule is CN=C(NCCc1cn2ccccc2n1)NCc1ccc(OC)cc1OC. The maximum absolute atomic E-state index is 5.43. The molecule has 0 aliphatic rings. The van der Waals surface area contributed by atoms with Crippen LogP contribution in [0.15, 0.2) is 53.8 Å². The molecular formula is C20H25N5O2. The highest BCUT2D eigenvalue weighted by atomic mass is 16.5. The number of hydrogen-bond donors (Lipinski definition) is 2.